The summed E-state index contributed by atoms with van der Waals surface area (Å²) in [6.45, 7) is 6.05. The van der Waals surface area contributed by atoms with Crippen molar-refractivity contribution in [2.24, 2.45) is 0 Å². The lowest BCUT2D eigenvalue weighted by molar-refractivity contribution is 0.240. The van der Waals surface area contributed by atoms with Gasteiger partial charge in [-0.1, -0.05) is 0 Å². The first-order chi connectivity index (χ1) is 9.24. The van der Waals surface area contributed by atoms with Crippen LogP contribution in [0.4, 0.5) is 0 Å². The number of imidazole rings is 1. The second kappa shape index (κ2) is 5.09. The van der Waals surface area contributed by atoms with Gasteiger partial charge in [0, 0.05) is 24.6 Å². The molecule has 0 aliphatic carbocycles. The van der Waals surface area contributed by atoms with Gasteiger partial charge in [-0.05, 0) is 33.2 Å². The molecule has 0 amide bonds. The Balaban J connectivity index is 1.80. The number of nitrogens with zero attached hydrogens (tertiary/aromatic N) is 4. The highest BCUT2D eigenvalue weighted by Crippen LogP contribution is 2.31. The standard InChI is InChI=1S/C14H19N5/c1-10-6-15-7-12(18-10)14-4-3-5-19(14)8-13-11(2)16-9-17-13/h6-7,9,14H,3-5,8H2,1-2H3,(H,16,17)/t14-/m0/s1. The Morgan fingerprint density at radius 2 is 2.26 bits per heavy atom. The van der Waals surface area contributed by atoms with E-state index in [1.807, 2.05) is 13.1 Å². The van der Waals surface area contributed by atoms with Crippen molar-refractivity contribution in [2.45, 2.75) is 39.3 Å². The average Bonchev–Trinajstić information content (AvgIpc) is 3.00. The summed E-state index contributed by atoms with van der Waals surface area (Å²) < 4.78 is 0. The largest absolute Gasteiger partial charge is 0.348 e. The number of rotatable bonds is 3. The van der Waals surface area contributed by atoms with E-state index >= 15 is 0 Å². The van der Waals surface area contributed by atoms with Gasteiger partial charge in [0.25, 0.3) is 0 Å². The summed E-state index contributed by atoms with van der Waals surface area (Å²) in [6, 6.07) is 0.378. The quantitative estimate of drug-likeness (QED) is 0.915. The third-order valence-electron chi connectivity index (χ3n) is 3.77. The Kier molecular flexibility index (Phi) is 3.29. The van der Waals surface area contributed by atoms with E-state index in [0.717, 1.165) is 42.3 Å². The normalized spacial score (nSPS) is 20.0. The van der Waals surface area contributed by atoms with E-state index < -0.39 is 0 Å². The Morgan fingerprint density at radius 1 is 1.37 bits per heavy atom. The highest BCUT2D eigenvalue weighted by Gasteiger charge is 2.28. The third-order valence-corrected chi connectivity index (χ3v) is 3.77. The van der Waals surface area contributed by atoms with Gasteiger partial charge in [-0.15, -0.1) is 0 Å². The van der Waals surface area contributed by atoms with Crippen LogP contribution in [0.5, 0.6) is 0 Å². The molecule has 0 radical (unpaired) electrons. The van der Waals surface area contributed by atoms with Crippen LogP contribution in [0.3, 0.4) is 0 Å². The van der Waals surface area contributed by atoms with E-state index in [2.05, 4.69) is 31.8 Å². The molecule has 3 heterocycles. The molecular formula is C14H19N5. The lowest BCUT2D eigenvalue weighted by atomic mass is 10.1. The van der Waals surface area contributed by atoms with Crippen molar-refractivity contribution >= 4 is 0 Å². The zero-order valence-electron chi connectivity index (χ0n) is 11.4. The van der Waals surface area contributed by atoms with Gasteiger partial charge >= 0.3 is 0 Å². The summed E-state index contributed by atoms with van der Waals surface area (Å²) in [4.78, 5) is 18.9. The Hall–Kier alpha value is -1.75. The van der Waals surface area contributed by atoms with Crippen LogP contribution in [-0.4, -0.2) is 31.4 Å². The fraction of sp³-hybridized carbons (Fsp3) is 0.500. The molecule has 19 heavy (non-hydrogen) atoms. The number of nitrogens with one attached hydrogen (secondary N) is 1. The van der Waals surface area contributed by atoms with Crippen LogP contribution >= 0.6 is 0 Å². The van der Waals surface area contributed by atoms with Crippen LogP contribution in [0.15, 0.2) is 18.7 Å². The fourth-order valence-electron chi connectivity index (χ4n) is 2.73. The summed E-state index contributed by atoms with van der Waals surface area (Å²) >= 11 is 0. The number of likely N-dealkylation sites (tertiary alicyclic amines) is 1. The number of H-pyrrole nitrogens is 1. The molecule has 100 valence electrons. The van der Waals surface area contributed by atoms with E-state index in [1.54, 1.807) is 12.5 Å². The molecule has 0 aromatic carbocycles. The fourth-order valence-corrected chi connectivity index (χ4v) is 2.73. The molecule has 0 spiro atoms. The first-order valence-electron chi connectivity index (χ1n) is 6.75. The predicted octanol–water partition coefficient (Wildman–Crippen LogP) is 2.15. The first kappa shape index (κ1) is 12.3. The van der Waals surface area contributed by atoms with Gasteiger partial charge < -0.3 is 4.98 Å². The van der Waals surface area contributed by atoms with Crippen molar-refractivity contribution in [1.82, 2.24) is 24.8 Å². The number of hydrogen-bond donors (Lipinski definition) is 1. The van der Waals surface area contributed by atoms with Crippen LogP contribution in [0, 0.1) is 13.8 Å². The van der Waals surface area contributed by atoms with Gasteiger partial charge in [0.1, 0.15) is 0 Å². The maximum atomic E-state index is 4.62. The van der Waals surface area contributed by atoms with Crippen LogP contribution < -0.4 is 0 Å². The number of aromatic nitrogens is 4. The molecule has 1 aliphatic rings. The van der Waals surface area contributed by atoms with Crippen molar-refractivity contribution in [3.63, 3.8) is 0 Å². The molecule has 0 unspecified atom stereocenters. The minimum absolute atomic E-state index is 0.378. The molecule has 1 N–H and O–H groups in total. The number of hydrogen-bond acceptors (Lipinski definition) is 4. The second-order valence-electron chi connectivity index (χ2n) is 5.19. The van der Waals surface area contributed by atoms with E-state index in [0.29, 0.717) is 6.04 Å². The highest BCUT2D eigenvalue weighted by atomic mass is 15.2. The van der Waals surface area contributed by atoms with Gasteiger partial charge in [-0.3, -0.25) is 14.9 Å². The van der Waals surface area contributed by atoms with Crippen molar-refractivity contribution in [1.29, 1.82) is 0 Å². The molecule has 2 aromatic rings. The minimum atomic E-state index is 0.378. The molecule has 1 saturated heterocycles. The minimum Gasteiger partial charge on any atom is -0.348 e. The lowest BCUT2D eigenvalue weighted by Crippen LogP contribution is -2.24. The monoisotopic (exact) mass is 257 g/mol. The number of aryl methyl sites for hydroxylation is 2. The summed E-state index contributed by atoms with van der Waals surface area (Å²) in [7, 11) is 0. The van der Waals surface area contributed by atoms with Gasteiger partial charge in [0.15, 0.2) is 0 Å². The first-order valence-corrected chi connectivity index (χ1v) is 6.75. The molecule has 1 aliphatic heterocycles. The number of aromatic amines is 1. The maximum absolute atomic E-state index is 4.62. The summed E-state index contributed by atoms with van der Waals surface area (Å²) in [5.74, 6) is 0. The SMILES string of the molecule is Cc1cncc([C@@H]2CCCN2Cc2nc[nH]c2C)n1. The van der Waals surface area contributed by atoms with Crippen LogP contribution in [0.25, 0.3) is 0 Å². The summed E-state index contributed by atoms with van der Waals surface area (Å²) in [5.41, 5.74) is 4.36. The van der Waals surface area contributed by atoms with Crippen LogP contribution in [0.2, 0.25) is 0 Å². The Morgan fingerprint density at radius 3 is 3.00 bits per heavy atom. The van der Waals surface area contributed by atoms with E-state index in [-0.39, 0.29) is 0 Å². The molecule has 2 aromatic heterocycles. The third kappa shape index (κ3) is 2.51. The lowest BCUT2D eigenvalue weighted by Gasteiger charge is -2.23. The van der Waals surface area contributed by atoms with Crippen molar-refractivity contribution in [2.75, 3.05) is 6.54 Å². The van der Waals surface area contributed by atoms with E-state index in [9.17, 15) is 0 Å². The smallest absolute Gasteiger partial charge is 0.0925 e. The molecule has 3 rings (SSSR count). The second-order valence-corrected chi connectivity index (χ2v) is 5.19. The van der Waals surface area contributed by atoms with Gasteiger partial charge in [-0.25, -0.2) is 4.98 Å². The molecule has 1 atom stereocenters. The average molecular weight is 257 g/mol. The zero-order chi connectivity index (χ0) is 13.2. The van der Waals surface area contributed by atoms with Crippen LogP contribution in [-0.2, 0) is 6.54 Å². The maximum Gasteiger partial charge on any atom is 0.0925 e. The van der Waals surface area contributed by atoms with Crippen molar-refractivity contribution in [3.05, 3.63) is 41.5 Å². The summed E-state index contributed by atoms with van der Waals surface area (Å²) in [6.07, 6.45) is 7.83. The highest BCUT2D eigenvalue weighted by molar-refractivity contribution is 5.12. The molecule has 0 saturated carbocycles. The predicted molar refractivity (Wildman–Crippen MR) is 72.5 cm³/mol. The zero-order valence-corrected chi connectivity index (χ0v) is 11.4. The van der Waals surface area contributed by atoms with E-state index in [4.69, 9.17) is 0 Å². The van der Waals surface area contributed by atoms with Gasteiger partial charge in [0.2, 0.25) is 0 Å². The van der Waals surface area contributed by atoms with Gasteiger partial charge in [-0.2, -0.15) is 0 Å². The van der Waals surface area contributed by atoms with Crippen molar-refractivity contribution < 1.29 is 0 Å². The molecular weight excluding hydrogens is 238 g/mol. The molecule has 5 heteroatoms. The Bertz CT molecular complexity index is 562. The molecule has 0 bridgehead atoms. The summed E-state index contributed by atoms with van der Waals surface area (Å²) in [5, 5.41) is 0. The van der Waals surface area contributed by atoms with Crippen molar-refractivity contribution in [3.8, 4) is 0 Å². The Labute approximate surface area is 113 Å². The topological polar surface area (TPSA) is 57.7 Å². The molecule has 1 fully saturated rings. The molecule has 5 nitrogen and oxygen atoms in total. The van der Waals surface area contributed by atoms with E-state index in [1.165, 1.54) is 6.42 Å². The van der Waals surface area contributed by atoms with Gasteiger partial charge in [0.05, 0.1) is 29.5 Å². The van der Waals surface area contributed by atoms with Crippen LogP contribution in [0.1, 0.15) is 41.7 Å².